The largest absolute Gasteiger partial charge is 0.779 e. The second kappa shape index (κ2) is 8.32. The van der Waals surface area contributed by atoms with Gasteiger partial charge in [0.05, 0.1) is 6.10 Å². The quantitative estimate of drug-likeness (QED) is 0.455. The lowest BCUT2D eigenvalue weighted by Gasteiger charge is -2.22. The highest BCUT2D eigenvalue weighted by molar-refractivity contribution is 7.50. The normalized spacial score (nSPS) is 17.3. The molecule has 0 aliphatic carbocycles. The molecule has 3 nitrogen and oxygen atoms in total. The van der Waals surface area contributed by atoms with Gasteiger partial charge in [-0.2, -0.15) is 0 Å². The summed E-state index contributed by atoms with van der Waals surface area (Å²) in [6, 6.07) is 0. The van der Waals surface area contributed by atoms with E-state index in [1.165, 1.54) is 32.1 Å². The molecule has 0 rings (SSSR count). The molecular weight excluding hydrogens is 211 g/mol. The van der Waals surface area contributed by atoms with E-state index >= 15 is 0 Å². The lowest BCUT2D eigenvalue weighted by atomic mass is 10.1. The molecule has 0 spiro atoms. The summed E-state index contributed by atoms with van der Waals surface area (Å²) in [7, 11) is -3.54. The maximum absolute atomic E-state index is 10.8. The molecule has 0 aliphatic rings. The second-order valence-corrected chi connectivity index (χ2v) is 6.00. The Labute approximate surface area is 93.8 Å². The Hall–Kier alpha value is 0.150. The van der Waals surface area contributed by atoms with Gasteiger partial charge in [0.2, 0.25) is 0 Å². The van der Waals surface area contributed by atoms with Gasteiger partial charge in [0, 0.05) is 6.66 Å². The van der Waals surface area contributed by atoms with Crippen LogP contribution >= 0.6 is 7.60 Å². The molecule has 0 aromatic carbocycles. The van der Waals surface area contributed by atoms with Crippen molar-refractivity contribution in [3.8, 4) is 0 Å². The standard InChI is InChI=1S/C11H25O3P/c1-4-5-6-7-8-9-10-11(2)14-15(3,12)13/h11H,4-10H2,1-3H3,(H,12,13)/p-1. The van der Waals surface area contributed by atoms with E-state index in [2.05, 4.69) is 6.92 Å². The maximum Gasteiger partial charge on any atom is 0.132 e. The number of rotatable bonds is 9. The summed E-state index contributed by atoms with van der Waals surface area (Å²) in [5.74, 6) is 0. The Morgan fingerprint density at radius 2 is 1.73 bits per heavy atom. The van der Waals surface area contributed by atoms with E-state index in [0.717, 1.165) is 19.5 Å². The molecule has 2 atom stereocenters. The molecule has 0 amide bonds. The van der Waals surface area contributed by atoms with Crippen LogP contribution in [0.5, 0.6) is 0 Å². The summed E-state index contributed by atoms with van der Waals surface area (Å²) in [6.07, 6.45) is 8.02. The van der Waals surface area contributed by atoms with Gasteiger partial charge in [0.1, 0.15) is 7.60 Å². The molecule has 0 heterocycles. The van der Waals surface area contributed by atoms with Crippen LogP contribution in [0.15, 0.2) is 0 Å². The van der Waals surface area contributed by atoms with Crippen LogP contribution in [0.3, 0.4) is 0 Å². The van der Waals surface area contributed by atoms with E-state index in [4.69, 9.17) is 4.52 Å². The predicted octanol–water partition coefficient (Wildman–Crippen LogP) is 3.33. The maximum atomic E-state index is 10.8. The Kier molecular flexibility index (Phi) is 8.40. The van der Waals surface area contributed by atoms with Gasteiger partial charge >= 0.3 is 0 Å². The average molecular weight is 235 g/mol. The molecule has 92 valence electrons. The molecule has 0 bridgehead atoms. The van der Waals surface area contributed by atoms with E-state index in [1.54, 1.807) is 0 Å². The summed E-state index contributed by atoms with van der Waals surface area (Å²) in [4.78, 5) is 10.8. The predicted molar refractivity (Wildman–Crippen MR) is 62.1 cm³/mol. The number of hydrogen-bond donors (Lipinski definition) is 0. The van der Waals surface area contributed by atoms with Crippen LogP contribution in [0.25, 0.3) is 0 Å². The molecule has 4 heteroatoms. The topological polar surface area (TPSA) is 49.4 Å². The first-order valence-corrected chi connectivity index (χ1v) is 7.91. The third-order valence-electron chi connectivity index (χ3n) is 2.34. The van der Waals surface area contributed by atoms with E-state index in [-0.39, 0.29) is 6.10 Å². The van der Waals surface area contributed by atoms with Crippen molar-refractivity contribution in [3.05, 3.63) is 0 Å². The molecule has 15 heavy (non-hydrogen) atoms. The first kappa shape index (κ1) is 15.2. The highest BCUT2D eigenvalue weighted by atomic mass is 31.2. The summed E-state index contributed by atoms with van der Waals surface area (Å²) in [6.45, 7) is 5.15. The van der Waals surface area contributed by atoms with Crippen LogP contribution in [0.2, 0.25) is 0 Å². The van der Waals surface area contributed by atoms with Crippen LogP contribution in [0.1, 0.15) is 58.8 Å². The zero-order chi connectivity index (χ0) is 11.7. The lowest BCUT2D eigenvalue weighted by Crippen LogP contribution is -2.11. The van der Waals surface area contributed by atoms with E-state index < -0.39 is 7.60 Å². The van der Waals surface area contributed by atoms with Crippen LogP contribution in [-0.4, -0.2) is 12.8 Å². The van der Waals surface area contributed by atoms with E-state index in [9.17, 15) is 9.46 Å². The highest BCUT2D eigenvalue weighted by Gasteiger charge is 2.07. The molecule has 0 fully saturated rings. The SMILES string of the molecule is CCCCCCCCC(C)OP(C)(=O)[O-]. The number of hydrogen-bond acceptors (Lipinski definition) is 3. The third-order valence-corrected chi connectivity index (χ3v) is 3.08. The van der Waals surface area contributed by atoms with Crippen molar-refractivity contribution in [2.75, 3.05) is 6.66 Å². The Bertz CT molecular complexity index is 188. The molecule has 2 unspecified atom stereocenters. The van der Waals surface area contributed by atoms with Gasteiger partial charge in [-0.25, -0.2) is 0 Å². The van der Waals surface area contributed by atoms with Crippen molar-refractivity contribution in [1.29, 1.82) is 0 Å². The third kappa shape index (κ3) is 12.1. The Morgan fingerprint density at radius 1 is 1.20 bits per heavy atom. The monoisotopic (exact) mass is 235 g/mol. The van der Waals surface area contributed by atoms with Crippen molar-refractivity contribution in [1.82, 2.24) is 0 Å². The first-order valence-electron chi connectivity index (χ1n) is 5.92. The summed E-state index contributed by atoms with van der Waals surface area (Å²) in [5.41, 5.74) is 0. The van der Waals surface area contributed by atoms with Gasteiger partial charge in [0.15, 0.2) is 0 Å². The van der Waals surface area contributed by atoms with Crippen LogP contribution in [0.4, 0.5) is 0 Å². The molecule has 0 aromatic rings. The smallest absolute Gasteiger partial charge is 0.132 e. The average Bonchev–Trinajstić information content (AvgIpc) is 2.08. The molecular formula is C11H24O3P-. The minimum atomic E-state index is -3.54. The van der Waals surface area contributed by atoms with E-state index in [0.29, 0.717) is 0 Å². The van der Waals surface area contributed by atoms with Gasteiger partial charge in [-0.3, -0.25) is 0 Å². The minimum absolute atomic E-state index is 0.162. The summed E-state index contributed by atoms with van der Waals surface area (Å²) >= 11 is 0. The van der Waals surface area contributed by atoms with Gasteiger partial charge in [-0.15, -0.1) is 0 Å². The van der Waals surface area contributed by atoms with Crippen molar-refractivity contribution in [2.24, 2.45) is 0 Å². The van der Waals surface area contributed by atoms with Crippen LogP contribution in [0, 0.1) is 0 Å². The fourth-order valence-corrected chi connectivity index (χ4v) is 2.35. The van der Waals surface area contributed by atoms with E-state index in [1.807, 2.05) is 6.92 Å². The molecule has 0 N–H and O–H groups in total. The molecule has 0 aliphatic heterocycles. The fraction of sp³-hybridized carbons (Fsp3) is 1.00. The zero-order valence-electron chi connectivity index (χ0n) is 10.2. The van der Waals surface area contributed by atoms with Crippen molar-refractivity contribution >= 4 is 7.60 Å². The van der Waals surface area contributed by atoms with Gasteiger partial charge < -0.3 is 14.0 Å². The van der Waals surface area contributed by atoms with Gasteiger partial charge in [-0.1, -0.05) is 45.4 Å². The van der Waals surface area contributed by atoms with Crippen molar-refractivity contribution < 1.29 is 14.0 Å². The Balaban J connectivity index is 3.32. The lowest BCUT2D eigenvalue weighted by molar-refractivity contribution is -0.200. The summed E-state index contributed by atoms with van der Waals surface area (Å²) < 4.78 is 15.7. The van der Waals surface area contributed by atoms with Gasteiger partial charge in [-0.05, 0) is 13.3 Å². The van der Waals surface area contributed by atoms with Crippen molar-refractivity contribution in [3.63, 3.8) is 0 Å². The first-order chi connectivity index (χ1) is 6.95. The molecule has 0 saturated heterocycles. The van der Waals surface area contributed by atoms with Crippen LogP contribution in [-0.2, 0) is 9.09 Å². The highest BCUT2D eigenvalue weighted by Crippen LogP contribution is 2.34. The zero-order valence-corrected chi connectivity index (χ0v) is 11.1. The molecule has 0 aromatic heterocycles. The molecule has 0 radical (unpaired) electrons. The Morgan fingerprint density at radius 3 is 2.27 bits per heavy atom. The second-order valence-electron chi connectivity index (χ2n) is 4.24. The van der Waals surface area contributed by atoms with Gasteiger partial charge in [0.25, 0.3) is 0 Å². The minimum Gasteiger partial charge on any atom is -0.779 e. The van der Waals surface area contributed by atoms with Crippen molar-refractivity contribution in [2.45, 2.75) is 64.9 Å². The molecule has 0 saturated carbocycles. The number of unbranched alkanes of at least 4 members (excludes halogenated alkanes) is 5. The fourth-order valence-electron chi connectivity index (χ4n) is 1.59. The van der Waals surface area contributed by atoms with Crippen LogP contribution < -0.4 is 4.89 Å². The summed E-state index contributed by atoms with van der Waals surface area (Å²) in [5, 5.41) is 0.